The van der Waals surface area contributed by atoms with Crippen LogP contribution < -0.4 is 4.74 Å². The van der Waals surface area contributed by atoms with E-state index in [4.69, 9.17) is 4.74 Å². The van der Waals surface area contributed by atoms with Crippen molar-refractivity contribution in [2.45, 2.75) is 6.92 Å². The van der Waals surface area contributed by atoms with Crippen LogP contribution in [0.4, 0.5) is 4.79 Å². The van der Waals surface area contributed by atoms with Crippen LogP contribution in [0.1, 0.15) is 10.4 Å². The molecule has 23 heavy (non-hydrogen) atoms. The molecule has 0 N–H and O–H groups in total. The molecule has 0 saturated carbocycles. The predicted molar refractivity (Wildman–Crippen MR) is 93.7 cm³/mol. The number of hydrogen-bond donors (Lipinski definition) is 0. The summed E-state index contributed by atoms with van der Waals surface area (Å²) < 4.78 is 5.66. The molecule has 4 nitrogen and oxygen atoms in total. The van der Waals surface area contributed by atoms with Gasteiger partial charge in [-0.15, -0.1) is 11.3 Å². The Morgan fingerprint density at radius 1 is 1.17 bits per heavy atom. The van der Waals surface area contributed by atoms with E-state index in [2.05, 4.69) is 0 Å². The van der Waals surface area contributed by atoms with Crippen molar-refractivity contribution >= 4 is 40.3 Å². The number of rotatable bonds is 5. The summed E-state index contributed by atoms with van der Waals surface area (Å²) in [4.78, 5) is 27.0. The number of hydrogen-bond acceptors (Lipinski definition) is 5. The molecule has 1 saturated heterocycles. The van der Waals surface area contributed by atoms with Crippen LogP contribution in [0.2, 0.25) is 0 Å². The van der Waals surface area contributed by atoms with E-state index in [0.717, 1.165) is 28.0 Å². The highest BCUT2D eigenvalue weighted by Crippen LogP contribution is 2.32. The van der Waals surface area contributed by atoms with Gasteiger partial charge in [-0.3, -0.25) is 14.5 Å². The van der Waals surface area contributed by atoms with Crippen LogP contribution in [0.3, 0.4) is 0 Å². The van der Waals surface area contributed by atoms with Crippen LogP contribution in [0, 0.1) is 6.92 Å². The third-order valence-corrected chi connectivity index (χ3v) is 5.08. The molecule has 1 aliphatic rings. The number of nitrogens with zero attached hydrogens (tertiary/aromatic N) is 1. The number of amides is 2. The normalized spacial score (nSPS) is 16.4. The Bertz CT molecular complexity index is 753. The second kappa shape index (κ2) is 7.02. The number of imide groups is 1. The van der Waals surface area contributed by atoms with Gasteiger partial charge < -0.3 is 4.74 Å². The van der Waals surface area contributed by atoms with Gasteiger partial charge in [0, 0.05) is 4.88 Å². The van der Waals surface area contributed by atoms with Crippen molar-refractivity contribution in [1.82, 2.24) is 4.90 Å². The zero-order valence-electron chi connectivity index (χ0n) is 12.5. The fourth-order valence-electron chi connectivity index (χ4n) is 2.16. The highest BCUT2D eigenvalue weighted by molar-refractivity contribution is 8.18. The number of carbonyl (C=O) groups is 2. The van der Waals surface area contributed by atoms with E-state index in [1.165, 1.54) is 16.2 Å². The second-order valence-corrected chi connectivity index (χ2v) is 6.94. The molecule has 1 aromatic carbocycles. The van der Waals surface area contributed by atoms with Gasteiger partial charge in [-0.1, -0.05) is 24.3 Å². The zero-order chi connectivity index (χ0) is 16.2. The standard InChI is InChI=1S/C17H15NO3S2/c1-12-5-2-3-7-14(12)21-9-8-18-16(19)15(23-17(18)20)11-13-6-4-10-22-13/h2-7,10-11H,8-9H2,1H3/b15-11-. The van der Waals surface area contributed by atoms with E-state index in [1.54, 1.807) is 6.08 Å². The maximum atomic E-state index is 12.3. The van der Waals surface area contributed by atoms with E-state index >= 15 is 0 Å². The maximum Gasteiger partial charge on any atom is 0.293 e. The third-order valence-electron chi connectivity index (χ3n) is 3.36. The molecule has 2 heterocycles. The summed E-state index contributed by atoms with van der Waals surface area (Å²) in [6.07, 6.45) is 1.76. The molecule has 1 fully saturated rings. The number of thioether (sulfide) groups is 1. The van der Waals surface area contributed by atoms with Crippen LogP contribution in [0.15, 0.2) is 46.7 Å². The van der Waals surface area contributed by atoms with Gasteiger partial charge in [0.15, 0.2) is 0 Å². The Kier molecular flexibility index (Phi) is 4.83. The first-order valence-corrected chi connectivity index (χ1v) is 8.82. The first kappa shape index (κ1) is 15.8. The molecule has 1 aromatic heterocycles. The summed E-state index contributed by atoms with van der Waals surface area (Å²) in [5.74, 6) is 0.524. The molecule has 0 spiro atoms. The van der Waals surface area contributed by atoms with Gasteiger partial charge in [0.05, 0.1) is 11.4 Å². The molecule has 0 unspecified atom stereocenters. The quantitative estimate of drug-likeness (QED) is 0.763. The molecule has 6 heteroatoms. The Morgan fingerprint density at radius 2 is 2.00 bits per heavy atom. The largest absolute Gasteiger partial charge is 0.491 e. The van der Waals surface area contributed by atoms with Crippen LogP contribution in [0.25, 0.3) is 6.08 Å². The first-order chi connectivity index (χ1) is 11.1. The average molecular weight is 345 g/mol. The predicted octanol–water partition coefficient (Wildman–Crippen LogP) is 4.17. The highest BCUT2D eigenvalue weighted by Gasteiger charge is 2.34. The number of benzene rings is 1. The first-order valence-electron chi connectivity index (χ1n) is 7.12. The molecular weight excluding hydrogens is 330 g/mol. The molecular formula is C17H15NO3S2. The molecule has 118 valence electrons. The lowest BCUT2D eigenvalue weighted by Crippen LogP contribution is -2.32. The summed E-state index contributed by atoms with van der Waals surface area (Å²) in [5.41, 5.74) is 1.03. The molecule has 0 bridgehead atoms. The van der Waals surface area contributed by atoms with Crippen LogP contribution in [-0.2, 0) is 4.79 Å². The Balaban J connectivity index is 1.61. The van der Waals surface area contributed by atoms with Crippen molar-refractivity contribution in [2.75, 3.05) is 13.2 Å². The summed E-state index contributed by atoms with van der Waals surface area (Å²) in [7, 11) is 0. The summed E-state index contributed by atoms with van der Waals surface area (Å²) in [6, 6.07) is 11.5. The molecule has 0 atom stereocenters. The van der Waals surface area contributed by atoms with Gasteiger partial charge >= 0.3 is 0 Å². The highest BCUT2D eigenvalue weighted by atomic mass is 32.2. The van der Waals surface area contributed by atoms with Gasteiger partial charge in [-0.25, -0.2) is 0 Å². The van der Waals surface area contributed by atoms with Gasteiger partial charge in [0.25, 0.3) is 11.1 Å². The minimum Gasteiger partial charge on any atom is -0.491 e. The van der Waals surface area contributed by atoms with Crippen molar-refractivity contribution in [3.05, 3.63) is 57.1 Å². The monoisotopic (exact) mass is 345 g/mol. The van der Waals surface area contributed by atoms with Gasteiger partial charge in [0.1, 0.15) is 12.4 Å². The minimum atomic E-state index is -0.248. The molecule has 1 aliphatic heterocycles. The van der Waals surface area contributed by atoms with Crippen molar-refractivity contribution < 1.29 is 14.3 Å². The fraction of sp³-hybridized carbons (Fsp3) is 0.176. The summed E-state index contributed by atoms with van der Waals surface area (Å²) in [5, 5.41) is 1.69. The number of para-hydroxylation sites is 1. The SMILES string of the molecule is Cc1ccccc1OCCN1C(=O)S/C(=C\c2cccs2)C1=O. The second-order valence-electron chi connectivity index (χ2n) is 4.96. The Labute approximate surface area is 142 Å². The zero-order valence-corrected chi connectivity index (χ0v) is 14.2. The Hall–Kier alpha value is -2.05. The lowest BCUT2D eigenvalue weighted by Gasteiger charge is -2.14. The number of aryl methyl sites for hydroxylation is 1. The number of thiophene rings is 1. The number of ether oxygens (including phenoxy) is 1. The number of carbonyl (C=O) groups excluding carboxylic acids is 2. The van der Waals surface area contributed by atoms with Gasteiger partial charge in [0.2, 0.25) is 0 Å². The van der Waals surface area contributed by atoms with Crippen molar-refractivity contribution in [2.24, 2.45) is 0 Å². The average Bonchev–Trinajstić information content (AvgIpc) is 3.13. The van der Waals surface area contributed by atoms with E-state index in [0.29, 0.717) is 4.91 Å². The van der Waals surface area contributed by atoms with E-state index in [9.17, 15) is 9.59 Å². The van der Waals surface area contributed by atoms with Crippen molar-refractivity contribution in [3.63, 3.8) is 0 Å². The van der Waals surface area contributed by atoms with E-state index in [-0.39, 0.29) is 24.3 Å². The molecule has 2 aromatic rings. The van der Waals surface area contributed by atoms with Crippen molar-refractivity contribution in [3.8, 4) is 5.75 Å². The fourth-order valence-corrected chi connectivity index (χ4v) is 3.75. The lowest BCUT2D eigenvalue weighted by atomic mass is 10.2. The molecule has 3 rings (SSSR count). The Morgan fingerprint density at radius 3 is 2.74 bits per heavy atom. The lowest BCUT2D eigenvalue weighted by molar-refractivity contribution is -0.123. The molecule has 0 aliphatic carbocycles. The van der Waals surface area contributed by atoms with E-state index in [1.807, 2.05) is 48.7 Å². The minimum absolute atomic E-state index is 0.244. The van der Waals surface area contributed by atoms with Gasteiger partial charge in [-0.05, 0) is 47.8 Å². The van der Waals surface area contributed by atoms with Crippen LogP contribution in [0.5, 0.6) is 5.75 Å². The summed E-state index contributed by atoms with van der Waals surface area (Å²) in [6.45, 7) is 2.50. The smallest absolute Gasteiger partial charge is 0.293 e. The van der Waals surface area contributed by atoms with Gasteiger partial charge in [-0.2, -0.15) is 0 Å². The van der Waals surface area contributed by atoms with E-state index < -0.39 is 0 Å². The third kappa shape index (κ3) is 3.65. The molecule has 2 amide bonds. The topological polar surface area (TPSA) is 46.6 Å². The molecule has 0 radical (unpaired) electrons. The maximum absolute atomic E-state index is 12.3. The van der Waals surface area contributed by atoms with Crippen LogP contribution in [-0.4, -0.2) is 29.2 Å². The van der Waals surface area contributed by atoms with Crippen molar-refractivity contribution in [1.29, 1.82) is 0 Å². The van der Waals surface area contributed by atoms with Crippen LogP contribution >= 0.6 is 23.1 Å². The summed E-state index contributed by atoms with van der Waals surface area (Å²) >= 11 is 2.51.